The molecule has 0 atom stereocenters. The van der Waals surface area contributed by atoms with Gasteiger partial charge in [0.25, 0.3) is 5.69 Å². The average molecular weight is 345 g/mol. The van der Waals surface area contributed by atoms with E-state index in [0.29, 0.717) is 11.0 Å². The molecule has 0 heterocycles. The van der Waals surface area contributed by atoms with E-state index in [9.17, 15) is 10.1 Å². The van der Waals surface area contributed by atoms with Crippen molar-refractivity contribution in [1.82, 2.24) is 5.32 Å². The fraction of sp³-hybridized carbons (Fsp3) is 0.571. The van der Waals surface area contributed by atoms with Crippen LogP contribution in [0.5, 0.6) is 0 Å². The number of ether oxygens (including phenoxy) is 1. The van der Waals surface area contributed by atoms with Crippen LogP contribution in [0.4, 0.5) is 5.69 Å². The molecule has 0 amide bonds. The highest BCUT2D eigenvalue weighted by Crippen LogP contribution is 2.25. The van der Waals surface area contributed by atoms with Gasteiger partial charge in [-0.15, -0.1) is 0 Å². The Morgan fingerprint density at radius 3 is 2.80 bits per heavy atom. The van der Waals surface area contributed by atoms with Gasteiger partial charge in [0.05, 0.1) is 9.40 Å². The van der Waals surface area contributed by atoms with E-state index >= 15 is 0 Å². The van der Waals surface area contributed by atoms with Crippen molar-refractivity contribution in [1.29, 1.82) is 0 Å². The molecule has 6 heteroatoms. The van der Waals surface area contributed by atoms with Crippen LogP contribution in [0.25, 0.3) is 0 Å². The van der Waals surface area contributed by atoms with E-state index in [4.69, 9.17) is 4.74 Å². The minimum absolute atomic E-state index is 0.104. The minimum Gasteiger partial charge on any atom is -0.381 e. The van der Waals surface area contributed by atoms with Crippen LogP contribution in [-0.4, -0.2) is 24.7 Å². The molecule has 0 bridgehead atoms. The predicted molar refractivity (Wildman–Crippen MR) is 82.8 cm³/mol. The first kappa shape index (κ1) is 17.1. The van der Waals surface area contributed by atoms with Gasteiger partial charge in [-0.3, -0.25) is 10.1 Å². The SMILES string of the molecule is CCCCOCCCNCc1ccc(Br)c([N+](=O)[O-])c1. The number of nitro groups is 1. The molecule has 1 N–H and O–H groups in total. The molecule has 0 saturated heterocycles. The van der Waals surface area contributed by atoms with Crippen molar-refractivity contribution in [2.45, 2.75) is 32.7 Å². The molecule has 0 aliphatic carbocycles. The molecule has 0 fully saturated rings. The molecule has 5 nitrogen and oxygen atoms in total. The van der Waals surface area contributed by atoms with Gasteiger partial charge < -0.3 is 10.1 Å². The summed E-state index contributed by atoms with van der Waals surface area (Å²) < 4.78 is 5.97. The molecule has 20 heavy (non-hydrogen) atoms. The van der Waals surface area contributed by atoms with Gasteiger partial charge in [-0.2, -0.15) is 0 Å². The summed E-state index contributed by atoms with van der Waals surface area (Å²) >= 11 is 3.18. The van der Waals surface area contributed by atoms with Crippen LogP contribution in [0, 0.1) is 10.1 Å². The zero-order valence-electron chi connectivity index (χ0n) is 11.7. The zero-order valence-corrected chi connectivity index (χ0v) is 13.3. The fourth-order valence-electron chi connectivity index (χ4n) is 1.69. The van der Waals surface area contributed by atoms with Gasteiger partial charge in [0, 0.05) is 25.8 Å². The number of hydrogen-bond acceptors (Lipinski definition) is 4. The Morgan fingerprint density at radius 1 is 1.35 bits per heavy atom. The van der Waals surface area contributed by atoms with Crippen molar-refractivity contribution in [2.24, 2.45) is 0 Å². The van der Waals surface area contributed by atoms with Crippen molar-refractivity contribution in [2.75, 3.05) is 19.8 Å². The highest BCUT2D eigenvalue weighted by Gasteiger charge is 2.11. The molecular formula is C14H21BrN2O3. The van der Waals surface area contributed by atoms with E-state index in [1.54, 1.807) is 12.1 Å². The van der Waals surface area contributed by atoms with Gasteiger partial charge in [0.1, 0.15) is 0 Å². The van der Waals surface area contributed by atoms with Crippen LogP contribution >= 0.6 is 15.9 Å². The number of unbranched alkanes of at least 4 members (excludes halogenated alkanes) is 1. The third kappa shape index (κ3) is 6.45. The van der Waals surface area contributed by atoms with Crippen molar-refractivity contribution in [3.8, 4) is 0 Å². The molecule has 0 aliphatic rings. The number of benzene rings is 1. The number of rotatable bonds is 10. The number of nitrogens with one attached hydrogen (secondary N) is 1. The summed E-state index contributed by atoms with van der Waals surface area (Å²) in [6.07, 6.45) is 3.21. The lowest BCUT2D eigenvalue weighted by atomic mass is 10.2. The van der Waals surface area contributed by atoms with Crippen LogP contribution in [0.15, 0.2) is 22.7 Å². The van der Waals surface area contributed by atoms with Gasteiger partial charge in [0.2, 0.25) is 0 Å². The number of nitrogens with zero attached hydrogens (tertiary/aromatic N) is 1. The Bertz CT molecular complexity index is 427. The standard InChI is InChI=1S/C14H21BrN2O3/c1-2-3-8-20-9-4-7-16-11-12-5-6-13(15)14(10-12)17(18)19/h5-6,10,16H,2-4,7-9,11H2,1H3. The van der Waals surface area contributed by atoms with E-state index in [1.807, 2.05) is 6.07 Å². The minimum atomic E-state index is -0.380. The molecule has 0 spiro atoms. The summed E-state index contributed by atoms with van der Waals surface area (Å²) in [5, 5.41) is 14.1. The van der Waals surface area contributed by atoms with Crippen LogP contribution in [0.3, 0.4) is 0 Å². The summed E-state index contributed by atoms with van der Waals surface area (Å²) in [5.41, 5.74) is 1.01. The van der Waals surface area contributed by atoms with Crippen LogP contribution < -0.4 is 5.32 Å². The first-order valence-corrected chi connectivity index (χ1v) is 7.65. The summed E-state index contributed by atoms with van der Waals surface area (Å²) in [6, 6.07) is 5.18. The average Bonchev–Trinajstić information content (AvgIpc) is 2.43. The number of nitro benzene ring substituents is 1. The van der Waals surface area contributed by atoms with Gasteiger partial charge >= 0.3 is 0 Å². The second-order valence-corrected chi connectivity index (χ2v) is 5.39. The topological polar surface area (TPSA) is 64.4 Å². The molecule has 1 aromatic rings. The Hall–Kier alpha value is -0.980. The normalized spacial score (nSPS) is 10.7. The molecule has 0 unspecified atom stereocenters. The molecule has 0 aliphatic heterocycles. The van der Waals surface area contributed by atoms with Gasteiger partial charge in [-0.25, -0.2) is 0 Å². The van der Waals surface area contributed by atoms with Gasteiger partial charge in [-0.1, -0.05) is 19.4 Å². The molecule has 1 aromatic carbocycles. The molecule has 112 valence electrons. The molecular weight excluding hydrogens is 324 g/mol. The summed E-state index contributed by atoms with van der Waals surface area (Å²) in [4.78, 5) is 10.4. The van der Waals surface area contributed by atoms with E-state index in [0.717, 1.165) is 44.6 Å². The smallest absolute Gasteiger partial charge is 0.283 e. The van der Waals surface area contributed by atoms with Crippen molar-refractivity contribution in [3.63, 3.8) is 0 Å². The lowest BCUT2D eigenvalue weighted by Crippen LogP contribution is -2.16. The highest BCUT2D eigenvalue weighted by atomic mass is 79.9. The first-order valence-electron chi connectivity index (χ1n) is 6.86. The van der Waals surface area contributed by atoms with E-state index in [-0.39, 0.29) is 10.6 Å². The van der Waals surface area contributed by atoms with Gasteiger partial charge in [0.15, 0.2) is 0 Å². The van der Waals surface area contributed by atoms with Gasteiger partial charge in [-0.05, 0) is 46.9 Å². The van der Waals surface area contributed by atoms with Crippen molar-refractivity contribution >= 4 is 21.6 Å². The Labute approximate surface area is 128 Å². The van der Waals surface area contributed by atoms with Crippen LogP contribution in [0.2, 0.25) is 0 Å². The maximum Gasteiger partial charge on any atom is 0.283 e. The monoisotopic (exact) mass is 344 g/mol. The van der Waals surface area contributed by atoms with Crippen LogP contribution in [-0.2, 0) is 11.3 Å². The number of hydrogen-bond donors (Lipinski definition) is 1. The zero-order chi connectivity index (χ0) is 14.8. The Balaban J connectivity index is 2.22. The number of halogens is 1. The third-order valence-electron chi connectivity index (χ3n) is 2.82. The quantitative estimate of drug-likeness (QED) is 0.399. The largest absolute Gasteiger partial charge is 0.381 e. The first-order chi connectivity index (χ1) is 9.65. The molecule has 0 radical (unpaired) electrons. The van der Waals surface area contributed by atoms with Crippen LogP contribution in [0.1, 0.15) is 31.7 Å². The highest BCUT2D eigenvalue weighted by molar-refractivity contribution is 9.10. The Kier molecular flexibility index (Phi) is 8.41. The third-order valence-corrected chi connectivity index (χ3v) is 3.49. The second-order valence-electron chi connectivity index (χ2n) is 4.54. The lowest BCUT2D eigenvalue weighted by molar-refractivity contribution is -0.385. The summed E-state index contributed by atoms with van der Waals surface area (Å²) in [6.45, 7) is 5.20. The van der Waals surface area contributed by atoms with Crippen molar-refractivity contribution < 1.29 is 9.66 Å². The maximum atomic E-state index is 10.8. The fourth-order valence-corrected chi connectivity index (χ4v) is 2.08. The molecule has 1 rings (SSSR count). The second kappa shape index (κ2) is 9.85. The van der Waals surface area contributed by atoms with E-state index in [2.05, 4.69) is 28.2 Å². The predicted octanol–water partition coefficient (Wildman–Crippen LogP) is 3.65. The maximum absolute atomic E-state index is 10.8. The molecule has 0 saturated carbocycles. The lowest BCUT2D eigenvalue weighted by Gasteiger charge is -2.06. The van der Waals surface area contributed by atoms with E-state index in [1.165, 1.54) is 0 Å². The summed E-state index contributed by atoms with van der Waals surface area (Å²) in [5.74, 6) is 0. The molecule has 0 aromatic heterocycles. The van der Waals surface area contributed by atoms with Crippen molar-refractivity contribution in [3.05, 3.63) is 38.3 Å². The summed E-state index contributed by atoms with van der Waals surface area (Å²) in [7, 11) is 0. The Morgan fingerprint density at radius 2 is 2.10 bits per heavy atom. The van der Waals surface area contributed by atoms with E-state index < -0.39 is 0 Å².